The Morgan fingerprint density at radius 2 is 1.06 bits per heavy atom. The quantitative estimate of drug-likeness (QED) is 0.178. The molecule has 0 fully saturated rings. The van der Waals surface area contributed by atoms with E-state index < -0.39 is 6.85 Å². The first-order chi connectivity index (χ1) is 24.3. The van der Waals surface area contributed by atoms with Crippen molar-refractivity contribution in [2.75, 3.05) is 0 Å². The molecule has 0 unspecified atom stereocenters. The summed E-state index contributed by atoms with van der Waals surface area (Å²) in [6, 6.07) is 35.9. The maximum atomic E-state index is 8.48. The van der Waals surface area contributed by atoms with Crippen LogP contribution in [0.2, 0.25) is 0 Å². The number of ether oxygens (including phenoxy) is 2. The summed E-state index contributed by atoms with van der Waals surface area (Å²) >= 11 is 0. The highest BCUT2D eigenvalue weighted by atomic mass is 16.5. The summed E-state index contributed by atoms with van der Waals surface area (Å²) in [7, 11) is 0. The first kappa shape index (κ1) is 24.9. The molecule has 7 heteroatoms. The van der Waals surface area contributed by atoms with E-state index in [2.05, 4.69) is 19.9 Å². The van der Waals surface area contributed by atoms with Crippen molar-refractivity contribution >= 4 is 21.8 Å². The van der Waals surface area contributed by atoms with Crippen molar-refractivity contribution in [2.45, 2.75) is 13.8 Å². The van der Waals surface area contributed by atoms with Gasteiger partial charge in [0.05, 0.1) is 22.4 Å². The van der Waals surface area contributed by atoms with Crippen LogP contribution < -0.4 is 9.47 Å². The van der Waals surface area contributed by atoms with Crippen molar-refractivity contribution < 1.29 is 13.6 Å². The van der Waals surface area contributed by atoms with E-state index in [0.29, 0.717) is 28.7 Å². The Labute approximate surface area is 276 Å². The van der Waals surface area contributed by atoms with E-state index in [1.54, 1.807) is 49.1 Å². The Balaban J connectivity index is 1.28. The SMILES string of the molecule is [2H]C([2H])([2H])c1cc2c3cc(C)c(Oc4cccc(-c5ccccn5)c4)cc3n(-c3ncccn3)c2cc1Oc1cccc(-c2ccccn2)c1. The Kier molecular flexibility index (Phi) is 6.29. The molecule has 4 heterocycles. The van der Waals surface area contributed by atoms with E-state index in [-0.39, 0.29) is 11.3 Å². The number of aryl methyl sites for hydroxylation is 2. The number of hydrogen-bond donors (Lipinski definition) is 0. The zero-order chi connectivity index (χ0) is 34.2. The smallest absolute Gasteiger partial charge is 0.234 e. The lowest BCUT2D eigenvalue weighted by atomic mass is 10.1. The van der Waals surface area contributed by atoms with Crippen molar-refractivity contribution in [3.05, 3.63) is 151 Å². The average molecular weight is 615 g/mol. The highest BCUT2D eigenvalue weighted by Gasteiger charge is 2.19. The third-order valence-electron chi connectivity index (χ3n) is 7.96. The number of benzene rings is 4. The highest BCUT2D eigenvalue weighted by molar-refractivity contribution is 6.10. The standard InChI is InChI=1S/C40H29N5O2/c1-26-20-32-33-21-27(2)39(47-31-13-8-11-29(23-31)35-15-4-6-17-42-35)25-37(33)45(40-43-18-9-19-44-40)36(32)24-38(26)46-30-12-7-10-28(22-30)34-14-3-5-16-41-34/h3-25H,1-2H3/i1D3. The third-order valence-corrected chi connectivity index (χ3v) is 7.96. The second kappa shape index (κ2) is 11.9. The highest BCUT2D eigenvalue weighted by Crippen LogP contribution is 2.40. The van der Waals surface area contributed by atoms with Crippen LogP contribution in [-0.2, 0) is 0 Å². The molecule has 0 saturated carbocycles. The van der Waals surface area contributed by atoms with Gasteiger partial charge in [0.2, 0.25) is 5.95 Å². The van der Waals surface area contributed by atoms with Crippen LogP contribution in [-0.4, -0.2) is 24.5 Å². The summed E-state index contributed by atoms with van der Waals surface area (Å²) in [5.41, 5.74) is 5.80. The van der Waals surface area contributed by atoms with Gasteiger partial charge in [0.25, 0.3) is 0 Å². The van der Waals surface area contributed by atoms with Crippen LogP contribution in [0.25, 0.3) is 50.3 Å². The zero-order valence-corrected chi connectivity index (χ0v) is 25.3. The van der Waals surface area contributed by atoms with Gasteiger partial charge in [-0.25, -0.2) is 9.97 Å². The molecular formula is C40H29N5O2. The molecule has 0 spiro atoms. The molecule has 0 N–H and O–H groups in total. The molecule has 4 aromatic carbocycles. The van der Waals surface area contributed by atoms with E-state index in [4.69, 9.17) is 13.6 Å². The first-order valence-electron chi connectivity index (χ1n) is 16.6. The molecule has 0 saturated heterocycles. The van der Waals surface area contributed by atoms with E-state index in [1.807, 2.05) is 102 Å². The van der Waals surface area contributed by atoms with Gasteiger partial charge in [0.1, 0.15) is 23.0 Å². The molecule has 0 atom stereocenters. The molecule has 4 aromatic heterocycles. The van der Waals surface area contributed by atoms with Crippen LogP contribution in [0.3, 0.4) is 0 Å². The minimum absolute atomic E-state index is 0.0885. The number of hydrogen-bond acceptors (Lipinski definition) is 6. The van der Waals surface area contributed by atoms with E-state index in [9.17, 15) is 0 Å². The van der Waals surface area contributed by atoms with Gasteiger partial charge in [-0.3, -0.25) is 14.5 Å². The molecule has 8 rings (SSSR count). The van der Waals surface area contributed by atoms with Gasteiger partial charge in [-0.15, -0.1) is 0 Å². The van der Waals surface area contributed by atoms with Gasteiger partial charge in [-0.1, -0.05) is 36.4 Å². The van der Waals surface area contributed by atoms with Gasteiger partial charge in [0, 0.05) is 62.9 Å². The van der Waals surface area contributed by atoms with Gasteiger partial charge < -0.3 is 9.47 Å². The minimum atomic E-state index is -2.46. The predicted molar refractivity (Wildman–Crippen MR) is 185 cm³/mol. The molecule has 0 bridgehead atoms. The van der Waals surface area contributed by atoms with Crippen LogP contribution >= 0.6 is 0 Å². The number of fused-ring (bicyclic) bond motifs is 3. The maximum absolute atomic E-state index is 8.48. The molecule has 226 valence electrons. The van der Waals surface area contributed by atoms with Crippen molar-refractivity contribution in [2.24, 2.45) is 0 Å². The second-order valence-electron chi connectivity index (χ2n) is 11.1. The largest absolute Gasteiger partial charge is 0.457 e. The predicted octanol–water partition coefficient (Wildman–Crippen LogP) is 9.90. The fourth-order valence-electron chi connectivity index (χ4n) is 5.75. The molecule has 8 aromatic rings. The number of pyridine rings is 2. The van der Waals surface area contributed by atoms with Crippen LogP contribution in [0.5, 0.6) is 23.0 Å². The van der Waals surface area contributed by atoms with Gasteiger partial charge in [0.15, 0.2) is 0 Å². The van der Waals surface area contributed by atoms with Crippen LogP contribution in [0.1, 0.15) is 15.2 Å². The fraction of sp³-hybridized carbons (Fsp3) is 0.0500. The number of rotatable bonds is 7. The monoisotopic (exact) mass is 614 g/mol. The van der Waals surface area contributed by atoms with Crippen molar-refractivity contribution in [1.29, 1.82) is 0 Å². The van der Waals surface area contributed by atoms with E-state index in [1.165, 1.54) is 0 Å². The summed E-state index contributed by atoms with van der Waals surface area (Å²) in [5, 5.41) is 1.55. The number of nitrogens with zero attached hydrogens (tertiary/aromatic N) is 5. The van der Waals surface area contributed by atoms with Crippen molar-refractivity contribution in [3.8, 4) is 51.5 Å². The van der Waals surface area contributed by atoms with Crippen molar-refractivity contribution in [1.82, 2.24) is 24.5 Å². The molecule has 0 aliphatic carbocycles. The fourth-order valence-corrected chi connectivity index (χ4v) is 5.75. The summed E-state index contributed by atoms with van der Waals surface area (Å²) in [6.07, 6.45) is 6.84. The Bertz CT molecular complexity index is 2490. The number of aromatic nitrogens is 5. The zero-order valence-electron chi connectivity index (χ0n) is 28.3. The Morgan fingerprint density at radius 3 is 1.60 bits per heavy atom. The lowest BCUT2D eigenvalue weighted by Gasteiger charge is -2.12. The van der Waals surface area contributed by atoms with Crippen LogP contribution in [0, 0.1) is 13.8 Å². The summed E-state index contributed by atoms with van der Waals surface area (Å²) < 4.78 is 40.2. The molecular weight excluding hydrogens is 582 g/mol. The summed E-state index contributed by atoms with van der Waals surface area (Å²) in [6.45, 7) is -0.493. The maximum Gasteiger partial charge on any atom is 0.234 e. The molecule has 0 radical (unpaired) electrons. The lowest BCUT2D eigenvalue weighted by Crippen LogP contribution is -2.00. The van der Waals surface area contributed by atoms with Crippen molar-refractivity contribution in [3.63, 3.8) is 0 Å². The Morgan fingerprint density at radius 1 is 0.532 bits per heavy atom. The summed E-state index contributed by atoms with van der Waals surface area (Å²) in [5.74, 6) is 2.40. The molecule has 47 heavy (non-hydrogen) atoms. The molecule has 0 aliphatic rings. The summed E-state index contributed by atoms with van der Waals surface area (Å²) in [4.78, 5) is 18.1. The third kappa shape index (κ3) is 5.44. The van der Waals surface area contributed by atoms with E-state index >= 15 is 0 Å². The minimum Gasteiger partial charge on any atom is -0.457 e. The van der Waals surface area contributed by atoms with Gasteiger partial charge in [-0.05, 0) is 91.6 Å². The molecule has 7 nitrogen and oxygen atoms in total. The normalized spacial score (nSPS) is 12.4. The topological polar surface area (TPSA) is 75.0 Å². The Hall–Kier alpha value is -6.34. The lowest BCUT2D eigenvalue weighted by molar-refractivity contribution is 0.479. The first-order valence-corrected chi connectivity index (χ1v) is 15.1. The van der Waals surface area contributed by atoms with Crippen LogP contribution in [0.4, 0.5) is 0 Å². The second-order valence-corrected chi connectivity index (χ2v) is 11.1. The molecule has 0 amide bonds. The molecule has 0 aliphatic heterocycles. The van der Waals surface area contributed by atoms with Gasteiger partial charge >= 0.3 is 0 Å². The average Bonchev–Trinajstić information content (AvgIpc) is 3.44. The van der Waals surface area contributed by atoms with Gasteiger partial charge in [-0.2, -0.15) is 0 Å². The van der Waals surface area contributed by atoms with E-state index in [0.717, 1.165) is 44.4 Å². The van der Waals surface area contributed by atoms with Crippen LogP contribution in [0.15, 0.2) is 140 Å².